The summed E-state index contributed by atoms with van der Waals surface area (Å²) in [5.41, 5.74) is 12.2. The van der Waals surface area contributed by atoms with E-state index in [2.05, 4.69) is 10.0 Å². The van der Waals surface area contributed by atoms with Crippen LogP contribution in [-0.4, -0.2) is 42.7 Å². The molecule has 2 aromatic rings. The second kappa shape index (κ2) is 8.47. The molecule has 1 fully saturated rings. The summed E-state index contributed by atoms with van der Waals surface area (Å²) in [6.45, 7) is 0.126. The topological polar surface area (TPSA) is 105 Å². The molecule has 8 heteroatoms. The van der Waals surface area contributed by atoms with Crippen LogP contribution in [0.4, 0.5) is 4.79 Å². The van der Waals surface area contributed by atoms with Gasteiger partial charge < -0.3 is 9.47 Å². The molecule has 1 saturated heterocycles. The third kappa shape index (κ3) is 3.69. The van der Waals surface area contributed by atoms with Crippen LogP contribution >= 0.6 is 0 Å². The fourth-order valence-corrected chi connectivity index (χ4v) is 4.35. The van der Waals surface area contributed by atoms with Crippen molar-refractivity contribution >= 4 is 12.0 Å². The first-order valence-corrected chi connectivity index (χ1v) is 9.87. The minimum absolute atomic E-state index is 0.126. The number of amides is 2. The number of cyclic esters (lactones) is 1. The number of nitrogens with zero attached hydrogens (tertiary/aromatic N) is 4. The van der Waals surface area contributed by atoms with Crippen molar-refractivity contribution in [3.63, 3.8) is 0 Å². The summed E-state index contributed by atoms with van der Waals surface area (Å²) < 4.78 is 10.5. The molecule has 0 bridgehead atoms. The molecule has 1 aliphatic carbocycles. The minimum atomic E-state index is -1.01. The molecule has 2 aromatic carbocycles. The van der Waals surface area contributed by atoms with Crippen LogP contribution in [0, 0.1) is 0 Å². The van der Waals surface area contributed by atoms with E-state index in [9.17, 15) is 9.59 Å². The van der Waals surface area contributed by atoms with Gasteiger partial charge in [-0.2, -0.15) is 0 Å². The van der Waals surface area contributed by atoms with Crippen molar-refractivity contribution in [3.05, 3.63) is 75.7 Å². The van der Waals surface area contributed by atoms with Crippen LogP contribution in [0.2, 0.25) is 0 Å². The van der Waals surface area contributed by atoms with E-state index in [0.29, 0.717) is 12.8 Å². The van der Waals surface area contributed by atoms with Crippen molar-refractivity contribution in [3.8, 4) is 5.75 Å². The fourth-order valence-electron chi connectivity index (χ4n) is 4.35. The van der Waals surface area contributed by atoms with Crippen LogP contribution in [0.5, 0.6) is 5.75 Å². The first-order chi connectivity index (χ1) is 14.6. The van der Waals surface area contributed by atoms with Crippen molar-refractivity contribution < 1.29 is 19.1 Å². The molecule has 0 spiro atoms. The Kier molecular flexibility index (Phi) is 5.59. The number of hydrogen-bond donors (Lipinski definition) is 0. The molecule has 1 heterocycles. The molecule has 1 aliphatic heterocycles. The smallest absolute Gasteiger partial charge is 0.416 e. The van der Waals surface area contributed by atoms with E-state index in [4.69, 9.17) is 15.0 Å². The van der Waals surface area contributed by atoms with Gasteiger partial charge in [0.2, 0.25) is 5.91 Å². The molecule has 4 rings (SSSR count). The highest BCUT2D eigenvalue weighted by molar-refractivity contribution is 5.97. The van der Waals surface area contributed by atoms with Crippen molar-refractivity contribution in [2.24, 2.45) is 5.11 Å². The maximum absolute atomic E-state index is 13.4. The largest absolute Gasteiger partial charge is 0.497 e. The number of aryl methyl sites for hydroxylation is 1. The first kappa shape index (κ1) is 19.8. The van der Waals surface area contributed by atoms with Crippen LogP contribution in [0.1, 0.15) is 29.0 Å². The van der Waals surface area contributed by atoms with Crippen molar-refractivity contribution in [2.75, 3.05) is 13.7 Å². The Morgan fingerprint density at radius 3 is 2.87 bits per heavy atom. The highest BCUT2D eigenvalue weighted by Gasteiger charge is 2.44. The second-order valence-electron chi connectivity index (χ2n) is 7.49. The van der Waals surface area contributed by atoms with Gasteiger partial charge in [0.1, 0.15) is 18.4 Å². The zero-order valence-corrected chi connectivity index (χ0v) is 16.6. The van der Waals surface area contributed by atoms with Crippen LogP contribution in [-0.2, 0) is 22.4 Å². The number of benzene rings is 2. The van der Waals surface area contributed by atoms with E-state index in [1.807, 2.05) is 48.5 Å². The fraction of sp³-hybridized carbons (Fsp3) is 0.364. The molecule has 30 heavy (non-hydrogen) atoms. The Labute approximate surface area is 174 Å². The molecule has 8 nitrogen and oxygen atoms in total. The summed E-state index contributed by atoms with van der Waals surface area (Å²) in [6.07, 6.45) is 1.20. The standard InChI is InChI=1S/C22H22N4O4/c1-29-17-8-10-18-15(12-17)7-9-19(18)20(24-25-23)21(27)26-16(13-30-22(26)28)11-14-5-3-2-4-6-14/h2-6,8,10,12,16,19-20H,7,9,11,13H2,1H3/t16-,19+,20+/m1/s1. The average Bonchev–Trinajstić information content (AvgIpc) is 3.35. The quantitative estimate of drug-likeness (QED) is 0.411. The van der Waals surface area contributed by atoms with Gasteiger partial charge in [-0.1, -0.05) is 41.5 Å². The van der Waals surface area contributed by atoms with Crippen LogP contribution in [0.15, 0.2) is 53.6 Å². The summed E-state index contributed by atoms with van der Waals surface area (Å²) in [5, 5.41) is 3.82. The number of fused-ring (bicyclic) bond motifs is 1. The second-order valence-corrected chi connectivity index (χ2v) is 7.49. The molecular formula is C22H22N4O4. The lowest BCUT2D eigenvalue weighted by molar-refractivity contribution is -0.131. The van der Waals surface area contributed by atoms with E-state index in [1.54, 1.807) is 7.11 Å². The van der Waals surface area contributed by atoms with Crippen molar-refractivity contribution in [2.45, 2.75) is 37.3 Å². The summed E-state index contributed by atoms with van der Waals surface area (Å²) in [4.78, 5) is 29.8. The van der Waals surface area contributed by atoms with E-state index >= 15 is 0 Å². The highest BCUT2D eigenvalue weighted by atomic mass is 16.6. The van der Waals surface area contributed by atoms with E-state index in [-0.39, 0.29) is 12.5 Å². The van der Waals surface area contributed by atoms with Gasteiger partial charge in [0, 0.05) is 10.8 Å². The van der Waals surface area contributed by atoms with Crippen molar-refractivity contribution in [1.29, 1.82) is 0 Å². The van der Waals surface area contributed by atoms with Gasteiger partial charge in [-0.25, -0.2) is 9.69 Å². The normalized spacial score (nSPS) is 20.8. The maximum atomic E-state index is 13.4. The van der Waals surface area contributed by atoms with Crippen LogP contribution in [0.3, 0.4) is 0 Å². The van der Waals surface area contributed by atoms with E-state index in [0.717, 1.165) is 33.8 Å². The number of carbonyl (C=O) groups is 2. The Balaban J connectivity index is 1.61. The van der Waals surface area contributed by atoms with Gasteiger partial charge in [-0.05, 0) is 53.6 Å². The third-order valence-electron chi connectivity index (χ3n) is 5.80. The zero-order chi connectivity index (χ0) is 21.1. The summed E-state index contributed by atoms with van der Waals surface area (Å²) >= 11 is 0. The van der Waals surface area contributed by atoms with Crippen molar-refractivity contribution in [1.82, 2.24) is 4.90 Å². The molecule has 3 atom stereocenters. The number of rotatable bonds is 6. The first-order valence-electron chi connectivity index (χ1n) is 9.87. The number of imide groups is 1. The van der Waals surface area contributed by atoms with Gasteiger partial charge in [0.25, 0.3) is 0 Å². The maximum Gasteiger partial charge on any atom is 0.416 e. The molecule has 2 amide bonds. The van der Waals surface area contributed by atoms with E-state index < -0.39 is 24.1 Å². The Morgan fingerprint density at radius 2 is 2.13 bits per heavy atom. The molecule has 154 valence electrons. The summed E-state index contributed by atoms with van der Waals surface area (Å²) in [5.74, 6) is -0.0583. The molecular weight excluding hydrogens is 384 g/mol. The Bertz CT molecular complexity index is 1000. The lowest BCUT2D eigenvalue weighted by Gasteiger charge is -2.26. The number of carbonyl (C=O) groups excluding carboxylic acids is 2. The van der Waals surface area contributed by atoms with Gasteiger partial charge in [-0.15, -0.1) is 0 Å². The Morgan fingerprint density at radius 1 is 1.33 bits per heavy atom. The summed E-state index contributed by atoms with van der Waals surface area (Å²) in [6, 6.07) is 13.8. The lowest BCUT2D eigenvalue weighted by atomic mass is 9.92. The molecule has 0 aromatic heterocycles. The monoisotopic (exact) mass is 406 g/mol. The number of hydrogen-bond acceptors (Lipinski definition) is 5. The van der Waals surface area contributed by atoms with Gasteiger partial charge >= 0.3 is 6.09 Å². The number of ether oxygens (including phenoxy) is 2. The van der Waals surface area contributed by atoms with Gasteiger partial charge in [0.15, 0.2) is 0 Å². The van der Waals surface area contributed by atoms with Crippen LogP contribution in [0.25, 0.3) is 10.4 Å². The molecule has 0 unspecified atom stereocenters. The summed E-state index contributed by atoms with van der Waals surface area (Å²) in [7, 11) is 1.60. The zero-order valence-electron chi connectivity index (χ0n) is 16.6. The average molecular weight is 406 g/mol. The van der Waals surface area contributed by atoms with Gasteiger partial charge in [-0.3, -0.25) is 4.79 Å². The minimum Gasteiger partial charge on any atom is -0.497 e. The Hall–Kier alpha value is -3.51. The molecule has 2 aliphatic rings. The SMILES string of the molecule is COc1ccc2c(c1)CC[C@@H]2[C@H](N=[N+]=[N-])C(=O)N1C(=O)OC[C@H]1Cc1ccccc1. The molecule has 0 radical (unpaired) electrons. The predicted molar refractivity (Wildman–Crippen MR) is 109 cm³/mol. The van der Waals surface area contributed by atoms with E-state index in [1.165, 1.54) is 0 Å². The number of azide groups is 1. The van der Waals surface area contributed by atoms with Crippen LogP contribution < -0.4 is 4.74 Å². The highest BCUT2D eigenvalue weighted by Crippen LogP contribution is 2.39. The van der Waals surface area contributed by atoms with Gasteiger partial charge in [0.05, 0.1) is 13.2 Å². The predicted octanol–water partition coefficient (Wildman–Crippen LogP) is 3.99. The molecule has 0 N–H and O–H groups in total. The third-order valence-corrected chi connectivity index (χ3v) is 5.80. The number of methoxy groups -OCH3 is 1. The lowest BCUT2D eigenvalue weighted by Crippen LogP contribution is -2.46. The molecule has 0 saturated carbocycles.